The molecule has 3 N–H and O–H groups in total. The van der Waals surface area contributed by atoms with Gasteiger partial charge in [-0.15, -0.1) is 0 Å². The van der Waals surface area contributed by atoms with Crippen molar-refractivity contribution in [3.8, 4) is 0 Å². The SMILES string of the molecule is [2H]C1([2H])CC([2H])(n2c(C)nc3cccc(N)c3c2=O)C(=O)NC1=O. The maximum Gasteiger partial charge on any atom is 0.264 e. The summed E-state index contributed by atoms with van der Waals surface area (Å²) in [7, 11) is 0. The number of aromatic nitrogens is 2. The first-order chi connectivity index (χ1) is 11.1. The van der Waals surface area contributed by atoms with Crippen molar-refractivity contribution in [2.45, 2.75) is 25.7 Å². The van der Waals surface area contributed by atoms with Crippen molar-refractivity contribution >= 4 is 28.4 Å². The maximum atomic E-state index is 12.8. The van der Waals surface area contributed by atoms with Crippen LogP contribution in [0.2, 0.25) is 0 Å². The molecule has 1 aliphatic heterocycles. The molecule has 7 heteroatoms. The van der Waals surface area contributed by atoms with Crippen molar-refractivity contribution in [3.63, 3.8) is 0 Å². The zero-order valence-electron chi connectivity index (χ0n) is 14.1. The van der Waals surface area contributed by atoms with E-state index in [4.69, 9.17) is 9.85 Å². The lowest BCUT2D eigenvalue weighted by atomic mass is 10.1. The molecule has 0 bridgehead atoms. The number of hydrogen-bond acceptors (Lipinski definition) is 5. The van der Waals surface area contributed by atoms with Gasteiger partial charge in [0.25, 0.3) is 5.56 Å². The van der Waals surface area contributed by atoms with Crippen molar-refractivity contribution in [2.24, 2.45) is 0 Å². The predicted molar refractivity (Wildman–Crippen MR) is 76.6 cm³/mol. The van der Waals surface area contributed by atoms with E-state index in [0.29, 0.717) is 5.52 Å². The summed E-state index contributed by atoms with van der Waals surface area (Å²) in [6, 6.07) is 2.34. The number of fused-ring (bicyclic) bond motifs is 1. The Kier molecular flexibility index (Phi) is 2.25. The van der Waals surface area contributed by atoms with Crippen molar-refractivity contribution < 1.29 is 13.7 Å². The number of carbonyl (C=O) groups excluding carboxylic acids is 2. The fourth-order valence-corrected chi connectivity index (χ4v) is 2.33. The molecule has 2 aromatic rings. The van der Waals surface area contributed by atoms with E-state index in [9.17, 15) is 14.4 Å². The van der Waals surface area contributed by atoms with Crippen LogP contribution in [-0.2, 0) is 9.59 Å². The van der Waals surface area contributed by atoms with Crippen molar-refractivity contribution in [1.82, 2.24) is 14.9 Å². The van der Waals surface area contributed by atoms with E-state index in [2.05, 4.69) is 4.98 Å². The van der Waals surface area contributed by atoms with Crippen LogP contribution in [-0.4, -0.2) is 21.4 Å². The Morgan fingerprint density at radius 1 is 1.48 bits per heavy atom. The van der Waals surface area contributed by atoms with E-state index in [0.717, 1.165) is 4.57 Å². The lowest BCUT2D eigenvalue weighted by molar-refractivity contribution is -0.135. The number of benzene rings is 1. The monoisotopic (exact) mass is 289 g/mol. The van der Waals surface area contributed by atoms with E-state index >= 15 is 0 Å². The lowest BCUT2D eigenvalue weighted by Crippen LogP contribution is -2.45. The number of nitrogens with two attached hydrogens (primary N) is 1. The van der Waals surface area contributed by atoms with Gasteiger partial charge in [0, 0.05) is 14.8 Å². The molecule has 21 heavy (non-hydrogen) atoms. The molecule has 1 atom stereocenters. The summed E-state index contributed by atoms with van der Waals surface area (Å²) in [5.74, 6) is -2.16. The van der Waals surface area contributed by atoms with Crippen molar-refractivity contribution in [3.05, 3.63) is 34.4 Å². The number of piperidine rings is 1. The van der Waals surface area contributed by atoms with Gasteiger partial charge in [0.1, 0.15) is 11.8 Å². The average Bonchev–Trinajstić information content (AvgIpc) is 2.44. The van der Waals surface area contributed by atoms with Crippen molar-refractivity contribution in [1.29, 1.82) is 0 Å². The standard InChI is InChI=1S/C14H14N4O3/c1-7-16-9-4-2-3-8(15)12(9)14(21)18(7)10-5-6-11(19)17-13(10)20/h2-4,10H,5-6,15H2,1H3,(H,17,19,20)/i6D2,10D. The zero-order chi connectivity index (χ0) is 17.9. The zero-order valence-corrected chi connectivity index (χ0v) is 11.1. The molecule has 1 aromatic carbocycles. The first-order valence-electron chi connectivity index (χ1n) is 7.72. The van der Waals surface area contributed by atoms with Crippen LogP contribution >= 0.6 is 0 Å². The fraction of sp³-hybridized carbons (Fsp3) is 0.286. The van der Waals surface area contributed by atoms with Crippen LogP contribution in [0, 0.1) is 6.92 Å². The number of amides is 2. The molecule has 1 aliphatic rings. The van der Waals surface area contributed by atoms with E-state index in [1.54, 1.807) is 12.1 Å². The minimum absolute atomic E-state index is 0.0417. The van der Waals surface area contributed by atoms with Gasteiger partial charge in [-0.25, -0.2) is 4.98 Å². The van der Waals surface area contributed by atoms with Crippen LogP contribution < -0.4 is 16.6 Å². The molecule has 0 aliphatic carbocycles. The van der Waals surface area contributed by atoms with Gasteiger partial charge in [0.2, 0.25) is 11.8 Å². The minimum Gasteiger partial charge on any atom is -0.398 e. The summed E-state index contributed by atoms with van der Waals surface area (Å²) >= 11 is 0. The number of nitrogens with zero attached hydrogens (tertiary/aromatic N) is 2. The number of imide groups is 1. The molecule has 1 unspecified atom stereocenters. The van der Waals surface area contributed by atoms with Crippen LogP contribution in [0.25, 0.3) is 10.9 Å². The smallest absolute Gasteiger partial charge is 0.264 e. The quantitative estimate of drug-likeness (QED) is 0.578. The summed E-state index contributed by atoms with van der Waals surface area (Å²) in [5.41, 5.74) is 5.53. The second-order valence-corrected chi connectivity index (χ2v) is 4.62. The molecule has 0 saturated carbocycles. The van der Waals surface area contributed by atoms with E-state index in [-0.39, 0.29) is 16.9 Å². The highest BCUT2D eigenvalue weighted by atomic mass is 16.2. The van der Waals surface area contributed by atoms with E-state index in [1.807, 2.05) is 5.32 Å². The molecule has 7 nitrogen and oxygen atoms in total. The van der Waals surface area contributed by atoms with Gasteiger partial charge in [-0.3, -0.25) is 24.3 Å². The second-order valence-electron chi connectivity index (χ2n) is 4.62. The lowest BCUT2D eigenvalue weighted by Gasteiger charge is -2.24. The molecule has 1 saturated heterocycles. The number of hydrogen-bond donors (Lipinski definition) is 2. The average molecular weight is 289 g/mol. The largest absolute Gasteiger partial charge is 0.398 e. The molecule has 0 spiro atoms. The van der Waals surface area contributed by atoms with Gasteiger partial charge in [-0.2, -0.15) is 0 Å². The molecule has 1 aromatic heterocycles. The van der Waals surface area contributed by atoms with Gasteiger partial charge < -0.3 is 5.73 Å². The predicted octanol–water partition coefficient (Wildman–Crippen LogP) is 0.265. The number of nitrogens with one attached hydrogen (secondary N) is 1. The molecular weight excluding hydrogens is 272 g/mol. The van der Waals surface area contributed by atoms with E-state index < -0.39 is 36.2 Å². The number of carbonyl (C=O) groups is 2. The summed E-state index contributed by atoms with van der Waals surface area (Å²) in [6.07, 6.45) is -3.27. The third kappa shape index (κ3) is 2.06. The van der Waals surface area contributed by atoms with Crippen LogP contribution in [0.1, 0.15) is 28.7 Å². The minimum atomic E-state index is -2.47. The first-order valence-corrected chi connectivity index (χ1v) is 6.22. The Morgan fingerprint density at radius 3 is 3.00 bits per heavy atom. The topological polar surface area (TPSA) is 107 Å². The summed E-state index contributed by atoms with van der Waals surface area (Å²) < 4.78 is 24.6. The Hall–Kier alpha value is -2.70. The molecule has 108 valence electrons. The molecular formula is C14H14N4O3. The van der Waals surface area contributed by atoms with Crippen molar-refractivity contribution in [2.75, 3.05) is 5.73 Å². The molecule has 0 radical (unpaired) electrons. The highest BCUT2D eigenvalue weighted by molar-refractivity contribution is 5.99. The number of aryl methyl sites for hydroxylation is 1. The van der Waals surface area contributed by atoms with Gasteiger partial charge in [-0.1, -0.05) is 6.07 Å². The molecule has 3 rings (SSSR count). The first kappa shape index (κ1) is 10.1. The van der Waals surface area contributed by atoms with Crippen LogP contribution in [0.5, 0.6) is 0 Å². The third-order valence-electron chi connectivity index (χ3n) is 3.27. The summed E-state index contributed by atoms with van der Waals surface area (Å²) in [5, 5.41) is 1.86. The Morgan fingerprint density at radius 2 is 2.24 bits per heavy atom. The normalized spacial score (nSPS) is 26.8. The fourth-order valence-electron chi connectivity index (χ4n) is 2.33. The Balaban J connectivity index is 2.33. The molecule has 1 fully saturated rings. The van der Waals surface area contributed by atoms with E-state index in [1.165, 1.54) is 13.0 Å². The van der Waals surface area contributed by atoms with Crippen LogP contribution in [0.4, 0.5) is 5.69 Å². The molecule has 2 amide bonds. The number of rotatable bonds is 1. The van der Waals surface area contributed by atoms with Gasteiger partial charge >= 0.3 is 0 Å². The Bertz CT molecular complexity index is 956. The summed E-state index contributed by atoms with van der Waals surface area (Å²) in [6.45, 7) is 1.43. The number of anilines is 1. The van der Waals surface area contributed by atoms with Crippen LogP contribution in [0.15, 0.2) is 23.0 Å². The van der Waals surface area contributed by atoms with Crippen LogP contribution in [0.3, 0.4) is 0 Å². The molecule has 2 heterocycles. The van der Waals surface area contributed by atoms with Gasteiger partial charge in [0.05, 0.1) is 12.3 Å². The number of nitrogen functional groups attached to an aromatic ring is 1. The van der Waals surface area contributed by atoms with Gasteiger partial charge in [0.15, 0.2) is 0 Å². The third-order valence-corrected chi connectivity index (χ3v) is 3.27. The van der Waals surface area contributed by atoms with Gasteiger partial charge in [-0.05, 0) is 25.5 Å². The highest BCUT2D eigenvalue weighted by Crippen LogP contribution is 2.21. The second kappa shape index (κ2) is 4.69. The Labute approximate surface area is 124 Å². The highest BCUT2D eigenvalue weighted by Gasteiger charge is 2.30. The summed E-state index contributed by atoms with van der Waals surface area (Å²) in [4.78, 5) is 40.8. The maximum absolute atomic E-state index is 12.8.